The van der Waals surface area contributed by atoms with Crippen LogP contribution in [0.15, 0.2) is 4.99 Å². The number of ether oxygens (including phenoxy) is 2. The molecular formula is C14H30IN3O3. The summed E-state index contributed by atoms with van der Waals surface area (Å²) in [6, 6.07) is 0. The van der Waals surface area contributed by atoms with Crippen LogP contribution in [-0.4, -0.2) is 63.7 Å². The van der Waals surface area contributed by atoms with Crippen LogP contribution in [0.2, 0.25) is 0 Å². The molecule has 0 aromatic carbocycles. The minimum atomic E-state index is 0. The van der Waals surface area contributed by atoms with Crippen molar-refractivity contribution in [3.8, 4) is 0 Å². The lowest BCUT2D eigenvalue weighted by Gasteiger charge is -2.21. The fourth-order valence-corrected chi connectivity index (χ4v) is 2.04. The van der Waals surface area contributed by atoms with Gasteiger partial charge in [0.1, 0.15) is 0 Å². The number of nitrogens with one attached hydrogen (secondary N) is 2. The minimum absolute atomic E-state index is 0. The summed E-state index contributed by atoms with van der Waals surface area (Å²) in [5.74, 6) is 1.42. The van der Waals surface area contributed by atoms with E-state index in [2.05, 4.69) is 15.6 Å². The van der Waals surface area contributed by atoms with E-state index < -0.39 is 0 Å². The van der Waals surface area contributed by atoms with Gasteiger partial charge in [0.2, 0.25) is 0 Å². The number of aliphatic hydroxyl groups is 1. The molecule has 0 aromatic rings. The second kappa shape index (κ2) is 14.8. The van der Waals surface area contributed by atoms with Crippen LogP contribution in [0.1, 0.15) is 26.2 Å². The smallest absolute Gasteiger partial charge is 0.191 e. The summed E-state index contributed by atoms with van der Waals surface area (Å²) in [5.41, 5.74) is 0. The van der Waals surface area contributed by atoms with Crippen LogP contribution in [0.25, 0.3) is 0 Å². The van der Waals surface area contributed by atoms with Crippen molar-refractivity contribution in [1.29, 1.82) is 0 Å². The highest BCUT2D eigenvalue weighted by atomic mass is 127. The maximum atomic E-state index is 8.77. The Bertz CT molecular complexity index is 262. The Kier molecular flexibility index (Phi) is 14.7. The van der Waals surface area contributed by atoms with E-state index in [1.165, 1.54) is 0 Å². The number of hydrogen-bond donors (Lipinski definition) is 3. The second-order valence-electron chi connectivity index (χ2n) is 4.90. The van der Waals surface area contributed by atoms with Crippen molar-refractivity contribution in [1.82, 2.24) is 10.6 Å². The molecule has 1 saturated heterocycles. The van der Waals surface area contributed by atoms with Gasteiger partial charge in [0, 0.05) is 46.1 Å². The van der Waals surface area contributed by atoms with Crippen LogP contribution < -0.4 is 10.6 Å². The standard InChI is InChI=1S/C14H29N3O3.HI/c1-2-15-14(17-7-8-18)16-6-3-9-20-12-13-4-10-19-11-5-13;/h13,18H,2-12H2,1H3,(H2,15,16,17);1H. The first-order valence-corrected chi connectivity index (χ1v) is 7.65. The number of guanidine groups is 1. The third-order valence-electron chi connectivity index (χ3n) is 3.16. The van der Waals surface area contributed by atoms with Crippen molar-refractivity contribution >= 4 is 29.9 Å². The number of aliphatic imine (C=N–C) groups is 1. The first kappa shape index (κ1) is 20.9. The first-order chi connectivity index (χ1) is 9.86. The van der Waals surface area contributed by atoms with Crippen LogP contribution in [-0.2, 0) is 9.47 Å². The zero-order valence-electron chi connectivity index (χ0n) is 13.0. The zero-order chi connectivity index (χ0) is 14.5. The fourth-order valence-electron chi connectivity index (χ4n) is 2.04. The van der Waals surface area contributed by atoms with Crippen LogP contribution in [0.4, 0.5) is 0 Å². The molecule has 126 valence electrons. The molecule has 0 radical (unpaired) electrons. The summed E-state index contributed by atoms with van der Waals surface area (Å²) in [5, 5.41) is 15.0. The van der Waals surface area contributed by atoms with Gasteiger partial charge in [-0.1, -0.05) is 0 Å². The maximum Gasteiger partial charge on any atom is 0.191 e. The molecule has 3 N–H and O–H groups in total. The summed E-state index contributed by atoms with van der Waals surface area (Å²) in [4.78, 5) is 4.42. The van der Waals surface area contributed by atoms with Crippen molar-refractivity contribution in [2.45, 2.75) is 26.2 Å². The van der Waals surface area contributed by atoms with Crippen molar-refractivity contribution in [3.05, 3.63) is 0 Å². The van der Waals surface area contributed by atoms with Gasteiger partial charge in [-0.25, -0.2) is 0 Å². The SMILES string of the molecule is CCNC(=NCCCOCC1CCOCC1)NCCO.I. The molecule has 0 saturated carbocycles. The molecule has 1 aliphatic heterocycles. The molecule has 0 bridgehead atoms. The quantitative estimate of drug-likeness (QED) is 0.227. The Morgan fingerprint density at radius 3 is 2.76 bits per heavy atom. The lowest BCUT2D eigenvalue weighted by Crippen LogP contribution is -2.38. The van der Waals surface area contributed by atoms with E-state index in [9.17, 15) is 0 Å². The molecule has 0 spiro atoms. The molecule has 0 amide bonds. The molecule has 1 fully saturated rings. The Balaban J connectivity index is 0.00000400. The summed E-state index contributed by atoms with van der Waals surface area (Å²) < 4.78 is 11.0. The van der Waals surface area contributed by atoms with Gasteiger partial charge in [0.05, 0.1) is 6.61 Å². The average molecular weight is 415 g/mol. The molecule has 6 nitrogen and oxygen atoms in total. The van der Waals surface area contributed by atoms with Crippen LogP contribution in [0.5, 0.6) is 0 Å². The first-order valence-electron chi connectivity index (χ1n) is 7.65. The Morgan fingerprint density at radius 1 is 1.33 bits per heavy atom. The summed E-state index contributed by atoms with van der Waals surface area (Å²) in [7, 11) is 0. The van der Waals surface area contributed by atoms with Gasteiger partial charge in [0.25, 0.3) is 0 Å². The lowest BCUT2D eigenvalue weighted by molar-refractivity contribution is 0.0205. The van der Waals surface area contributed by atoms with Crippen molar-refractivity contribution < 1.29 is 14.6 Å². The van der Waals surface area contributed by atoms with Gasteiger partial charge in [-0.15, -0.1) is 24.0 Å². The molecule has 0 aliphatic carbocycles. The number of rotatable bonds is 9. The zero-order valence-corrected chi connectivity index (χ0v) is 15.3. The summed E-state index contributed by atoms with van der Waals surface area (Å²) in [6.45, 7) is 7.54. The van der Waals surface area contributed by atoms with E-state index in [1.54, 1.807) is 0 Å². The van der Waals surface area contributed by atoms with Crippen LogP contribution in [0.3, 0.4) is 0 Å². The molecule has 21 heavy (non-hydrogen) atoms. The second-order valence-corrected chi connectivity index (χ2v) is 4.90. The third-order valence-corrected chi connectivity index (χ3v) is 3.16. The van der Waals surface area contributed by atoms with E-state index in [4.69, 9.17) is 14.6 Å². The van der Waals surface area contributed by atoms with E-state index in [0.29, 0.717) is 12.5 Å². The number of hydrogen-bond acceptors (Lipinski definition) is 4. The predicted molar refractivity (Wildman–Crippen MR) is 95.5 cm³/mol. The lowest BCUT2D eigenvalue weighted by atomic mass is 10.0. The van der Waals surface area contributed by atoms with Crippen LogP contribution >= 0.6 is 24.0 Å². The molecule has 1 aliphatic rings. The van der Waals surface area contributed by atoms with Crippen molar-refractivity contribution in [3.63, 3.8) is 0 Å². The van der Waals surface area contributed by atoms with Crippen molar-refractivity contribution in [2.75, 3.05) is 52.7 Å². The van der Waals surface area contributed by atoms with Gasteiger partial charge in [-0.05, 0) is 32.1 Å². The molecular weight excluding hydrogens is 385 g/mol. The van der Waals surface area contributed by atoms with E-state index in [0.717, 1.165) is 64.7 Å². The molecule has 1 heterocycles. The Labute approximate surface area is 145 Å². The molecule has 0 atom stereocenters. The van der Waals surface area contributed by atoms with Gasteiger partial charge in [0.15, 0.2) is 5.96 Å². The number of aliphatic hydroxyl groups excluding tert-OH is 1. The van der Waals surface area contributed by atoms with E-state index in [1.807, 2.05) is 6.92 Å². The third kappa shape index (κ3) is 11.1. The van der Waals surface area contributed by atoms with Gasteiger partial charge >= 0.3 is 0 Å². The van der Waals surface area contributed by atoms with E-state index >= 15 is 0 Å². The number of halogens is 1. The molecule has 0 aromatic heterocycles. The van der Waals surface area contributed by atoms with E-state index in [-0.39, 0.29) is 30.6 Å². The normalized spacial score (nSPS) is 16.4. The maximum absolute atomic E-state index is 8.77. The number of nitrogens with zero attached hydrogens (tertiary/aromatic N) is 1. The minimum Gasteiger partial charge on any atom is -0.395 e. The highest BCUT2D eigenvalue weighted by Gasteiger charge is 2.13. The largest absolute Gasteiger partial charge is 0.395 e. The topological polar surface area (TPSA) is 75.1 Å². The highest BCUT2D eigenvalue weighted by molar-refractivity contribution is 14.0. The molecule has 7 heteroatoms. The fraction of sp³-hybridized carbons (Fsp3) is 0.929. The van der Waals surface area contributed by atoms with Gasteiger partial charge < -0.3 is 25.2 Å². The monoisotopic (exact) mass is 415 g/mol. The summed E-state index contributed by atoms with van der Waals surface area (Å²) >= 11 is 0. The van der Waals surface area contributed by atoms with Gasteiger partial charge in [-0.3, -0.25) is 4.99 Å². The summed E-state index contributed by atoms with van der Waals surface area (Å²) in [6.07, 6.45) is 3.15. The molecule has 0 unspecified atom stereocenters. The average Bonchev–Trinajstić information content (AvgIpc) is 2.49. The van der Waals surface area contributed by atoms with Crippen molar-refractivity contribution in [2.24, 2.45) is 10.9 Å². The predicted octanol–water partition coefficient (Wildman–Crippen LogP) is 0.985. The Morgan fingerprint density at radius 2 is 2.10 bits per heavy atom. The Hall–Kier alpha value is -0.120. The van der Waals surface area contributed by atoms with Gasteiger partial charge in [-0.2, -0.15) is 0 Å². The highest BCUT2D eigenvalue weighted by Crippen LogP contribution is 2.14. The molecule has 1 rings (SSSR count). The van der Waals surface area contributed by atoms with Crippen LogP contribution in [0, 0.1) is 5.92 Å².